The molecule has 5 heteroatoms. The van der Waals surface area contributed by atoms with Crippen LogP contribution in [-0.4, -0.2) is 35.6 Å². The second kappa shape index (κ2) is 5.07. The molecule has 80 valence electrons. The molecule has 5 nitrogen and oxygen atoms in total. The summed E-state index contributed by atoms with van der Waals surface area (Å²) in [6, 6.07) is -1.08. The van der Waals surface area contributed by atoms with Gasteiger partial charge in [0.1, 0.15) is 11.8 Å². The average Bonchev–Trinajstić information content (AvgIpc) is 2.56. The highest BCUT2D eigenvalue weighted by atomic mass is 16.5. The summed E-state index contributed by atoms with van der Waals surface area (Å²) in [6.07, 6.45) is 2.02. The van der Waals surface area contributed by atoms with Crippen molar-refractivity contribution in [3.05, 3.63) is 0 Å². The summed E-state index contributed by atoms with van der Waals surface area (Å²) in [7, 11) is 0. The second-order valence-electron chi connectivity index (χ2n) is 3.53. The van der Waals surface area contributed by atoms with E-state index in [0.717, 1.165) is 12.8 Å². The van der Waals surface area contributed by atoms with Crippen LogP contribution >= 0.6 is 0 Å². The van der Waals surface area contributed by atoms with E-state index in [4.69, 9.17) is 15.6 Å². The third kappa shape index (κ3) is 3.43. The van der Waals surface area contributed by atoms with Gasteiger partial charge in [0, 0.05) is 19.4 Å². The summed E-state index contributed by atoms with van der Waals surface area (Å²) >= 11 is 0. The van der Waals surface area contributed by atoms with Crippen LogP contribution in [0.2, 0.25) is 0 Å². The molecule has 2 atom stereocenters. The van der Waals surface area contributed by atoms with Crippen molar-refractivity contribution in [3.8, 4) is 0 Å². The molecule has 0 aromatic carbocycles. The van der Waals surface area contributed by atoms with Crippen LogP contribution in [0.25, 0.3) is 0 Å². The molecule has 1 rings (SSSR count). The van der Waals surface area contributed by atoms with Crippen LogP contribution in [-0.2, 0) is 14.3 Å². The summed E-state index contributed by atoms with van der Waals surface area (Å²) < 4.78 is 5.26. The van der Waals surface area contributed by atoms with Gasteiger partial charge < -0.3 is 15.6 Å². The number of hydrogen-bond donors (Lipinski definition) is 2. The molecule has 0 aromatic rings. The molecule has 0 saturated carbocycles. The average molecular weight is 201 g/mol. The molecule has 1 aliphatic rings. The Balaban J connectivity index is 2.24. The van der Waals surface area contributed by atoms with Crippen LogP contribution in [0.5, 0.6) is 0 Å². The second-order valence-corrected chi connectivity index (χ2v) is 3.53. The van der Waals surface area contributed by atoms with Gasteiger partial charge in [-0.2, -0.15) is 0 Å². The Hall–Kier alpha value is -0.940. The summed E-state index contributed by atoms with van der Waals surface area (Å²) in [5, 5.41) is 8.48. The van der Waals surface area contributed by atoms with Gasteiger partial charge in [0.15, 0.2) is 0 Å². The number of Topliss-reactive ketones (excluding diaryl/α,β-unsaturated/α-hetero) is 1. The highest BCUT2D eigenvalue weighted by molar-refractivity contribution is 5.85. The first-order chi connectivity index (χ1) is 6.59. The Bertz CT molecular complexity index is 223. The topological polar surface area (TPSA) is 89.6 Å². The number of carbonyl (C=O) groups excluding carboxylic acids is 1. The maximum absolute atomic E-state index is 11.3. The number of ether oxygens (including phenoxy) is 1. The lowest BCUT2D eigenvalue weighted by Crippen LogP contribution is -2.33. The molecule has 0 radical (unpaired) electrons. The maximum Gasteiger partial charge on any atom is 0.320 e. The molecule has 0 bridgehead atoms. The van der Waals surface area contributed by atoms with Gasteiger partial charge in [-0.15, -0.1) is 0 Å². The predicted octanol–water partition coefficient (Wildman–Crippen LogP) is -0.0734. The van der Waals surface area contributed by atoms with Crippen LogP contribution in [0.1, 0.15) is 25.7 Å². The number of carboxylic acids is 1. The highest BCUT2D eigenvalue weighted by Crippen LogP contribution is 2.16. The number of nitrogens with two attached hydrogens (primary N) is 1. The molecular formula is C9H15NO4. The van der Waals surface area contributed by atoms with Crippen molar-refractivity contribution < 1.29 is 19.4 Å². The first-order valence-corrected chi connectivity index (χ1v) is 4.71. The van der Waals surface area contributed by atoms with E-state index in [1.165, 1.54) is 0 Å². The van der Waals surface area contributed by atoms with E-state index in [1.807, 2.05) is 0 Å². The number of carboxylic acid groups (broad SMARTS) is 1. The van der Waals surface area contributed by atoms with E-state index in [2.05, 4.69) is 0 Å². The van der Waals surface area contributed by atoms with Gasteiger partial charge in [0.2, 0.25) is 0 Å². The van der Waals surface area contributed by atoms with Crippen LogP contribution in [0.4, 0.5) is 0 Å². The van der Waals surface area contributed by atoms with Crippen molar-refractivity contribution in [3.63, 3.8) is 0 Å². The Kier molecular flexibility index (Phi) is 4.03. The smallest absolute Gasteiger partial charge is 0.320 e. The van der Waals surface area contributed by atoms with E-state index in [9.17, 15) is 9.59 Å². The molecular weight excluding hydrogens is 186 g/mol. The van der Waals surface area contributed by atoms with E-state index in [1.54, 1.807) is 0 Å². The van der Waals surface area contributed by atoms with Crippen molar-refractivity contribution in [1.82, 2.24) is 0 Å². The summed E-state index contributed by atoms with van der Waals surface area (Å²) in [5.74, 6) is -1.27. The molecule has 0 spiro atoms. The van der Waals surface area contributed by atoms with Gasteiger partial charge in [-0.25, -0.2) is 0 Å². The van der Waals surface area contributed by atoms with Gasteiger partial charge in [-0.1, -0.05) is 0 Å². The molecule has 14 heavy (non-hydrogen) atoms. The molecule has 1 fully saturated rings. The van der Waals surface area contributed by atoms with Crippen molar-refractivity contribution in [2.75, 3.05) is 6.61 Å². The zero-order valence-electron chi connectivity index (χ0n) is 7.94. The first-order valence-electron chi connectivity index (χ1n) is 4.71. The standard InChI is InChI=1S/C9H15NO4/c10-8(9(12)13)5-6(11)4-7-2-1-3-14-7/h7-8H,1-5,10H2,(H,12,13). The number of hydrogen-bond acceptors (Lipinski definition) is 4. The Labute approximate surface area is 82.2 Å². The molecule has 0 aromatic heterocycles. The van der Waals surface area contributed by atoms with Crippen molar-refractivity contribution in [2.45, 2.75) is 37.8 Å². The molecule has 3 N–H and O–H groups in total. The van der Waals surface area contributed by atoms with Gasteiger partial charge in [-0.05, 0) is 12.8 Å². The third-order valence-electron chi connectivity index (χ3n) is 2.24. The zero-order chi connectivity index (χ0) is 10.6. The lowest BCUT2D eigenvalue weighted by Gasteiger charge is -2.09. The Morgan fingerprint density at radius 1 is 1.57 bits per heavy atom. The van der Waals surface area contributed by atoms with E-state index < -0.39 is 12.0 Å². The van der Waals surface area contributed by atoms with Gasteiger partial charge >= 0.3 is 5.97 Å². The minimum Gasteiger partial charge on any atom is -0.480 e. The summed E-state index contributed by atoms with van der Waals surface area (Å²) in [6.45, 7) is 0.697. The lowest BCUT2D eigenvalue weighted by atomic mass is 10.0. The fraction of sp³-hybridized carbons (Fsp3) is 0.778. The van der Waals surface area contributed by atoms with E-state index >= 15 is 0 Å². The van der Waals surface area contributed by atoms with Crippen molar-refractivity contribution in [1.29, 1.82) is 0 Å². The quantitative estimate of drug-likeness (QED) is 0.649. The molecule has 0 amide bonds. The van der Waals surface area contributed by atoms with Crippen molar-refractivity contribution in [2.24, 2.45) is 5.73 Å². The largest absolute Gasteiger partial charge is 0.480 e. The molecule has 1 aliphatic heterocycles. The normalized spacial score (nSPS) is 23.4. The monoisotopic (exact) mass is 201 g/mol. The van der Waals surface area contributed by atoms with E-state index in [-0.39, 0.29) is 18.3 Å². The van der Waals surface area contributed by atoms with Crippen LogP contribution in [0.15, 0.2) is 0 Å². The van der Waals surface area contributed by atoms with Crippen LogP contribution in [0, 0.1) is 0 Å². The first kappa shape index (κ1) is 11.1. The fourth-order valence-electron chi connectivity index (χ4n) is 1.48. The zero-order valence-corrected chi connectivity index (χ0v) is 7.94. The van der Waals surface area contributed by atoms with E-state index in [0.29, 0.717) is 13.0 Å². The lowest BCUT2D eigenvalue weighted by molar-refractivity contribution is -0.140. The molecule has 2 unspecified atom stereocenters. The Morgan fingerprint density at radius 3 is 2.79 bits per heavy atom. The van der Waals surface area contributed by atoms with Crippen molar-refractivity contribution >= 4 is 11.8 Å². The number of aliphatic carboxylic acids is 1. The number of rotatable bonds is 5. The molecule has 1 heterocycles. The maximum atomic E-state index is 11.3. The third-order valence-corrected chi connectivity index (χ3v) is 2.24. The predicted molar refractivity (Wildman–Crippen MR) is 48.8 cm³/mol. The van der Waals surface area contributed by atoms with Crippen LogP contribution in [0.3, 0.4) is 0 Å². The Morgan fingerprint density at radius 2 is 2.29 bits per heavy atom. The summed E-state index contributed by atoms with van der Waals surface area (Å²) in [5.41, 5.74) is 5.23. The number of carbonyl (C=O) groups is 2. The molecule has 0 aliphatic carbocycles. The minimum atomic E-state index is -1.13. The van der Waals surface area contributed by atoms with Gasteiger partial charge in [0.05, 0.1) is 6.10 Å². The SMILES string of the molecule is NC(CC(=O)CC1CCCO1)C(=O)O. The fourth-order valence-corrected chi connectivity index (χ4v) is 1.48. The minimum absolute atomic E-state index is 0.0245. The highest BCUT2D eigenvalue weighted by Gasteiger charge is 2.22. The summed E-state index contributed by atoms with van der Waals surface area (Å²) in [4.78, 5) is 21.7. The molecule has 1 saturated heterocycles. The van der Waals surface area contributed by atoms with Gasteiger partial charge in [0.25, 0.3) is 0 Å². The number of ketones is 1. The van der Waals surface area contributed by atoms with Gasteiger partial charge in [-0.3, -0.25) is 9.59 Å². The van der Waals surface area contributed by atoms with Crippen LogP contribution < -0.4 is 5.73 Å².